The molecule has 1 N–H and O–H groups in total. The smallest absolute Gasteiger partial charge is 0.148 e. The van der Waals surface area contributed by atoms with E-state index >= 15 is 0 Å². The van der Waals surface area contributed by atoms with Crippen molar-refractivity contribution in [3.05, 3.63) is 34.9 Å². The van der Waals surface area contributed by atoms with E-state index in [1.165, 1.54) is 0 Å². The predicted molar refractivity (Wildman–Crippen MR) is 42.4 cm³/mol. The Morgan fingerprint density at radius 3 is 2.36 bits per heavy atom. The van der Waals surface area contributed by atoms with Crippen LogP contribution in [0.1, 0.15) is 11.7 Å². The van der Waals surface area contributed by atoms with E-state index in [0.717, 1.165) is 0 Å². The van der Waals surface area contributed by atoms with Crippen molar-refractivity contribution in [2.24, 2.45) is 0 Å². The fourth-order valence-corrected chi connectivity index (χ4v) is 0.903. The monoisotopic (exact) mass is 174 g/mol. The second-order valence-corrected chi connectivity index (χ2v) is 2.64. The summed E-state index contributed by atoms with van der Waals surface area (Å²) in [5.74, 6) is 0. The molecular formula is C8H8ClFO. The average molecular weight is 175 g/mol. The Labute approximate surface area is 69.4 Å². The van der Waals surface area contributed by atoms with Crippen LogP contribution in [0.2, 0.25) is 5.02 Å². The highest BCUT2D eigenvalue weighted by atomic mass is 35.5. The number of aliphatic hydroxyl groups excluding tert-OH is 1. The SMILES string of the molecule is OC[C@@H](F)c1ccc(Cl)cc1. The lowest BCUT2D eigenvalue weighted by molar-refractivity contribution is 0.180. The molecule has 1 aromatic carbocycles. The van der Waals surface area contributed by atoms with Gasteiger partial charge in [0, 0.05) is 5.02 Å². The highest BCUT2D eigenvalue weighted by Crippen LogP contribution is 2.18. The van der Waals surface area contributed by atoms with Crippen molar-refractivity contribution in [2.75, 3.05) is 6.61 Å². The van der Waals surface area contributed by atoms with Gasteiger partial charge in [0.2, 0.25) is 0 Å². The van der Waals surface area contributed by atoms with Gasteiger partial charge in [0.25, 0.3) is 0 Å². The zero-order valence-electron chi connectivity index (χ0n) is 5.80. The minimum atomic E-state index is -1.30. The van der Waals surface area contributed by atoms with E-state index in [1.54, 1.807) is 24.3 Å². The number of rotatable bonds is 2. The van der Waals surface area contributed by atoms with Gasteiger partial charge >= 0.3 is 0 Å². The van der Waals surface area contributed by atoms with E-state index in [-0.39, 0.29) is 0 Å². The Hall–Kier alpha value is -0.600. The average Bonchev–Trinajstić information content (AvgIpc) is 2.05. The second kappa shape index (κ2) is 3.69. The fraction of sp³-hybridized carbons (Fsp3) is 0.250. The molecule has 60 valence electrons. The molecule has 0 radical (unpaired) electrons. The molecule has 0 amide bonds. The maximum absolute atomic E-state index is 12.7. The van der Waals surface area contributed by atoms with E-state index in [2.05, 4.69) is 0 Å². The normalized spacial score (nSPS) is 13.0. The molecule has 0 saturated heterocycles. The van der Waals surface area contributed by atoms with E-state index < -0.39 is 12.8 Å². The number of aliphatic hydroxyl groups is 1. The first-order chi connectivity index (χ1) is 5.24. The zero-order valence-corrected chi connectivity index (χ0v) is 6.55. The lowest BCUT2D eigenvalue weighted by Crippen LogP contribution is -1.95. The summed E-state index contributed by atoms with van der Waals surface area (Å²) < 4.78 is 12.7. The molecule has 1 aromatic rings. The summed E-state index contributed by atoms with van der Waals surface area (Å²) >= 11 is 5.57. The Balaban J connectivity index is 2.81. The maximum atomic E-state index is 12.7. The molecule has 11 heavy (non-hydrogen) atoms. The van der Waals surface area contributed by atoms with Crippen molar-refractivity contribution in [1.29, 1.82) is 0 Å². The standard InChI is InChI=1S/C8H8ClFO/c9-7-3-1-6(2-4-7)8(10)5-11/h1-4,8,11H,5H2/t8-/m1/s1. The van der Waals surface area contributed by atoms with Gasteiger partial charge in [-0.25, -0.2) is 4.39 Å². The van der Waals surface area contributed by atoms with Crippen LogP contribution < -0.4 is 0 Å². The third-order valence-corrected chi connectivity index (χ3v) is 1.64. The Morgan fingerprint density at radius 2 is 1.91 bits per heavy atom. The summed E-state index contributed by atoms with van der Waals surface area (Å²) in [6.45, 7) is -0.484. The first-order valence-corrected chi connectivity index (χ1v) is 3.62. The van der Waals surface area contributed by atoms with Gasteiger partial charge in [0.1, 0.15) is 6.17 Å². The van der Waals surface area contributed by atoms with E-state index in [9.17, 15) is 4.39 Å². The van der Waals surface area contributed by atoms with Crippen LogP contribution in [0.3, 0.4) is 0 Å². The molecule has 0 unspecified atom stereocenters. The Bertz CT molecular complexity index is 222. The highest BCUT2D eigenvalue weighted by Gasteiger charge is 2.06. The topological polar surface area (TPSA) is 20.2 Å². The van der Waals surface area contributed by atoms with E-state index in [1.807, 2.05) is 0 Å². The summed E-state index contributed by atoms with van der Waals surface area (Å²) in [6.07, 6.45) is -1.30. The van der Waals surface area contributed by atoms with Crippen LogP contribution in [0.5, 0.6) is 0 Å². The molecule has 1 rings (SSSR count). The molecule has 1 nitrogen and oxygen atoms in total. The molecule has 0 saturated carbocycles. The predicted octanol–water partition coefficient (Wildman–Crippen LogP) is 2.34. The third kappa shape index (κ3) is 2.17. The van der Waals surface area contributed by atoms with Gasteiger partial charge in [-0.15, -0.1) is 0 Å². The van der Waals surface area contributed by atoms with Crippen LogP contribution in [0.15, 0.2) is 24.3 Å². The van der Waals surface area contributed by atoms with Crippen molar-refractivity contribution in [2.45, 2.75) is 6.17 Å². The minimum absolute atomic E-state index is 0.455. The highest BCUT2D eigenvalue weighted by molar-refractivity contribution is 6.30. The van der Waals surface area contributed by atoms with Gasteiger partial charge < -0.3 is 5.11 Å². The number of benzene rings is 1. The van der Waals surface area contributed by atoms with Gasteiger partial charge in [0.05, 0.1) is 6.61 Å². The minimum Gasteiger partial charge on any atom is -0.393 e. The molecule has 0 aromatic heterocycles. The molecule has 3 heteroatoms. The molecule has 1 atom stereocenters. The number of alkyl halides is 1. The van der Waals surface area contributed by atoms with Gasteiger partial charge in [-0.05, 0) is 17.7 Å². The van der Waals surface area contributed by atoms with Crippen molar-refractivity contribution in [3.8, 4) is 0 Å². The van der Waals surface area contributed by atoms with Gasteiger partial charge in [-0.1, -0.05) is 23.7 Å². The van der Waals surface area contributed by atoms with Crippen molar-refractivity contribution < 1.29 is 9.50 Å². The summed E-state index contributed by atoms with van der Waals surface area (Å²) in [5.41, 5.74) is 0.455. The molecule has 0 aliphatic carbocycles. The van der Waals surface area contributed by atoms with E-state index in [0.29, 0.717) is 10.6 Å². The molecule has 0 fully saturated rings. The lowest BCUT2D eigenvalue weighted by atomic mass is 10.1. The summed E-state index contributed by atoms with van der Waals surface area (Å²) in [4.78, 5) is 0. The van der Waals surface area contributed by atoms with Gasteiger partial charge in [-0.2, -0.15) is 0 Å². The lowest BCUT2D eigenvalue weighted by Gasteiger charge is -2.03. The van der Waals surface area contributed by atoms with Crippen LogP contribution in [-0.2, 0) is 0 Å². The summed E-state index contributed by atoms with van der Waals surface area (Å²) in [7, 11) is 0. The van der Waals surface area contributed by atoms with Crippen molar-refractivity contribution in [1.82, 2.24) is 0 Å². The zero-order chi connectivity index (χ0) is 8.27. The molecule has 0 bridgehead atoms. The molecular weight excluding hydrogens is 167 g/mol. The first kappa shape index (κ1) is 8.50. The fourth-order valence-electron chi connectivity index (χ4n) is 0.777. The second-order valence-electron chi connectivity index (χ2n) is 2.20. The van der Waals surface area contributed by atoms with Crippen LogP contribution in [0.25, 0.3) is 0 Å². The summed E-state index contributed by atoms with van der Waals surface area (Å²) in [6, 6.07) is 6.31. The quantitative estimate of drug-likeness (QED) is 0.730. The third-order valence-electron chi connectivity index (χ3n) is 1.39. The Kier molecular flexibility index (Phi) is 2.85. The van der Waals surface area contributed by atoms with Crippen LogP contribution >= 0.6 is 11.6 Å². The van der Waals surface area contributed by atoms with Crippen molar-refractivity contribution in [3.63, 3.8) is 0 Å². The van der Waals surface area contributed by atoms with Gasteiger partial charge in [-0.3, -0.25) is 0 Å². The number of hydrogen-bond donors (Lipinski definition) is 1. The molecule has 0 heterocycles. The van der Waals surface area contributed by atoms with Crippen LogP contribution in [-0.4, -0.2) is 11.7 Å². The van der Waals surface area contributed by atoms with E-state index in [4.69, 9.17) is 16.7 Å². The molecule has 0 aliphatic rings. The van der Waals surface area contributed by atoms with Gasteiger partial charge in [0.15, 0.2) is 0 Å². The molecule has 0 spiro atoms. The van der Waals surface area contributed by atoms with Crippen LogP contribution in [0.4, 0.5) is 4.39 Å². The Morgan fingerprint density at radius 1 is 1.36 bits per heavy atom. The van der Waals surface area contributed by atoms with Crippen LogP contribution in [0, 0.1) is 0 Å². The molecule has 0 aliphatic heterocycles. The first-order valence-electron chi connectivity index (χ1n) is 3.24. The van der Waals surface area contributed by atoms with Crippen molar-refractivity contribution >= 4 is 11.6 Å². The summed E-state index contributed by atoms with van der Waals surface area (Å²) in [5, 5.41) is 9.02. The number of halogens is 2. The number of hydrogen-bond acceptors (Lipinski definition) is 1. The largest absolute Gasteiger partial charge is 0.393 e. The maximum Gasteiger partial charge on any atom is 0.148 e.